The van der Waals surface area contributed by atoms with Gasteiger partial charge in [-0.25, -0.2) is 0 Å². The van der Waals surface area contributed by atoms with Crippen molar-refractivity contribution in [2.24, 2.45) is 0 Å². The molecule has 0 saturated carbocycles. The summed E-state index contributed by atoms with van der Waals surface area (Å²) in [5.41, 5.74) is 2.50. The number of carbonyl (C=O) groups excluding carboxylic acids is 1. The van der Waals surface area contributed by atoms with Gasteiger partial charge in [0.25, 0.3) is 5.69 Å². The molecule has 0 spiro atoms. The minimum Gasteiger partial charge on any atom is -0.292 e. The summed E-state index contributed by atoms with van der Waals surface area (Å²) in [6.45, 7) is 2.08. The number of amides is 1. The maximum Gasteiger partial charge on any atom is 0.416 e. The van der Waals surface area contributed by atoms with Crippen LogP contribution in [0.3, 0.4) is 0 Å². The number of hydrogen-bond donors (Lipinski definition) is 2. The topological polar surface area (TPSA) is 84.3 Å². The predicted molar refractivity (Wildman–Crippen MR) is 83.2 cm³/mol. The second kappa shape index (κ2) is 9.09. The second-order valence-electron chi connectivity index (χ2n) is 5.32. The molecule has 1 aromatic carbocycles. The van der Waals surface area contributed by atoms with Gasteiger partial charge in [-0.2, -0.15) is 13.2 Å². The number of rotatable bonds is 9. The van der Waals surface area contributed by atoms with E-state index in [1.165, 1.54) is 0 Å². The lowest BCUT2D eigenvalue weighted by atomic mass is 10.1. The average molecular weight is 347 g/mol. The Balaban J connectivity index is 2.61. The molecule has 0 heterocycles. The Kier molecular flexibility index (Phi) is 7.47. The number of nitrogens with zero attached hydrogens (tertiary/aromatic N) is 1. The van der Waals surface area contributed by atoms with E-state index in [9.17, 15) is 28.1 Å². The van der Waals surface area contributed by atoms with E-state index in [2.05, 4.69) is 17.8 Å². The number of hydrogen-bond acceptors (Lipinski definition) is 4. The predicted octanol–water partition coefficient (Wildman–Crippen LogP) is 4.42. The third kappa shape index (κ3) is 6.43. The molecule has 0 bridgehead atoms. The van der Waals surface area contributed by atoms with E-state index in [1.807, 2.05) is 0 Å². The Morgan fingerprint density at radius 2 is 1.88 bits per heavy atom. The Labute approximate surface area is 137 Å². The quantitative estimate of drug-likeness (QED) is 0.393. The molecular weight excluding hydrogens is 327 g/mol. The first-order valence-corrected chi connectivity index (χ1v) is 7.66. The first-order valence-electron chi connectivity index (χ1n) is 7.66. The summed E-state index contributed by atoms with van der Waals surface area (Å²) in [5, 5.41) is 10.9. The molecule has 0 unspecified atom stereocenters. The van der Waals surface area contributed by atoms with E-state index in [-0.39, 0.29) is 18.0 Å². The van der Waals surface area contributed by atoms with Crippen molar-refractivity contribution >= 4 is 17.3 Å². The Hall–Kier alpha value is -2.32. The lowest BCUT2D eigenvalue weighted by Gasteiger charge is -2.11. The van der Waals surface area contributed by atoms with Crippen molar-refractivity contribution in [1.82, 2.24) is 5.43 Å². The standard InChI is InChI=1S/C15H20F3N3O3/c1-2-3-4-5-6-7-14(22)20-19-12-9-8-11(15(16,17)18)10-13(12)21(23)24/h8-10,19H,2-7H2,1H3,(H,20,22). The zero-order valence-corrected chi connectivity index (χ0v) is 13.3. The van der Waals surface area contributed by atoms with Crippen LogP contribution in [0.2, 0.25) is 0 Å². The fourth-order valence-corrected chi connectivity index (χ4v) is 2.05. The van der Waals surface area contributed by atoms with Crippen LogP contribution in [0.5, 0.6) is 0 Å². The molecule has 134 valence electrons. The highest BCUT2D eigenvalue weighted by Crippen LogP contribution is 2.34. The van der Waals surface area contributed by atoms with Gasteiger partial charge in [0.1, 0.15) is 5.69 Å². The third-order valence-electron chi connectivity index (χ3n) is 3.37. The SMILES string of the molecule is CCCCCCCC(=O)NNc1ccc(C(F)(F)F)cc1[N+](=O)[O-]. The molecule has 0 aliphatic rings. The number of nitrogens with one attached hydrogen (secondary N) is 2. The summed E-state index contributed by atoms with van der Waals surface area (Å²) in [7, 11) is 0. The number of alkyl halides is 3. The van der Waals surface area contributed by atoms with Crippen molar-refractivity contribution in [3.05, 3.63) is 33.9 Å². The van der Waals surface area contributed by atoms with Crippen LogP contribution in [-0.2, 0) is 11.0 Å². The Morgan fingerprint density at radius 3 is 2.46 bits per heavy atom. The van der Waals surface area contributed by atoms with Crippen molar-refractivity contribution in [3.63, 3.8) is 0 Å². The summed E-state index contributed by atoms with van der Waals surface area (Å²) in [6.07, 6.45) is 0.366. The van der Waals surface area contributed by atoms with Gasteiger partial charge in [-0.05, 0) is 18.6 Å². The third-order valence-corrected chi connectivity index (χ3v) is 3.37. The number of hydrazine groups is 1. The first-order chi connectivity index (χ1) is 11.3. The molecular formula is C15H20F3N3O3. The minimum absolute atomic E-state index is 0.202. The second-order valence-corrected chi connectivity index (χ2v) is 5.32. The van der Waals surface area contributed by atoms with Crippen molar-refractivity contribution in [2.45, 2.75) is 51.6 Å². The van der Waals surface area contributed by atoms with Crippen LogP contribution in [-0.4, -0.2) is 10.8 Å². The van der Waals surface area contributed by atoms with Crippen molar-refractivity contribution in [2.75, 3.05) is 5.43 Å². The summed E-state index contributed by atoms with van der Waals surface area (Å²) < 4.78 is 37.8. The minimum atomic E-state index is -4.68. The number of unbranched alkanes of at least 4 members (excludes halogenated alkanes) is 4. The molecule has 1 amide bonds. The monoisotopic (exact) mass is 347 g/mol. The van der Waals surface area contributed by atoms with E-state index in [0.717, 1.165) is 31.7 Å². The molecule has 0 radical (unpaired) electrons. The number of nitro benzene ring substituents is 1. The number of carbonyl (C=O) groups is 1. The largest absolute Gasteiger partial charge is 0.416 e. The molecule has 0 aromatic heterocycles. The van der Waals surface area contributed by atoms with Crippen LogP contribution < -0.4 is 10.9 Å². The van der Waals surface area contributed by atoms with Gasteiger partial charge in [-0.3, -0.25) is 25.8 Å². The lowest BCUT2D eigenvalue weighted by molar-refractivity contribution is -0.384. The van der Waals surface area contributed by atoms with Gasteiger partial charge in [-0.15, -0.1) is 0 Å². The fourth-order valence-electron chi connectivity index (χ4n) is 2.05. The highest BCUT2D eigenvalue weighted by Gasteiger charge is 2.33. The van der Waals surface area contributed by atoms with Crippen molar-refractivity contribution in [1.29, 1.82) is 0 Å². The van der Waals surface area contributed by atoms with Crippen molar-refractivity contribution < 1.29 is 22.9 Å². The van der Waals surface area contributed by atoms with E-state index in [1.54, 1.807) is 0 Å². The number of anilines is 1. The van der Waals surface area contributed by atoms with Gasteiger partial charge in [0.15, 0.2) is 0 Å². The zero-order valence-electron chi connectivity index (χ0n) is 13.3. The Bertz CT molecular complexity index is 577. The van der Waals surface area contributed by atoms with Crippen LogP contribution in [0.4, 0.5) is 24.5 Å². The maximum atomic E-state index is 12.6. The molecule has 1 rings (SSSR count). The highest BCUT2D eigenvalue weighted by molar-refractivity contribution is 5.78. The van der Waals surface area contributed by atoms with Gasteiger partial charge in [0.05, 0.1) is 10.5 Å². The molecule has 0 saturated heterocycles. The molecule has 6 nitrogen and oxygen atoms in total. The molecule has 0 atom stereocenters. The van der Waals surface area contributed by atoms with Gasteiger partial charge >= 0.3 is 6.18 Å². The Morgan fingerprint density at radius 1 is 1.21 bits per heavy atom. The fraction of sp³-hybridized carbons (Fsp3) is 0.533. The van der Waals surface area contributed by atoms with Crippen molar-refractivity contribution in [3.8, 4) is 0 Å². The van der Waals surface area contributed by atoms with E-state index in [4.69, 9.17) is 0 Å². The van der Waals surface area contributed by atoms with Crippen LogP contribution in [0.25, 0.3) is 0 Å². The van der Waals surface area contributed by atoms with E-state index >= 15 is 0 Å². The van der Waals surface area contributed by atoms with Crippen LogP contribution in [0.1, 0.15) is 51.0 Å². The molecule has 24 heavy (non-hydrogen) atoms. The van der Waals surface area contributed by atoms with E-state index < -0.39 is 22.4 Å². The number of benzene rings is 1. The normalized spacial score (nSPS) is 11.2. The van der Waals surface area contributed by atoms with Crippen LogP contribution in [0, 0.1) is 10.1 Å². The first kappa shape index (κ1) is 19.7. The smallest absolute Gasteiger partial charge is 0.292 e. The van der Waals surface area contributed by atoms with E-state index in [0.29, 0.717) is 18.6 Å². The zero-order chi connectivity index (χ0) is 18.2. The molecule has 0 aliphatic heterocycles. The molecule has 9 heteroatoms. The highest BCUT2D eigenvalue weighted by atomic mass is 19.4. The summed E-state index contributed by atoms with van der Waals surface area (Å²) in [5.74, 6) is -0.374. The molecule has 2 N–H and O–H groups in total. The van der Waals surface area contributed by atoms with Crippen LogP contribution in [0.15, 0.2) is 18.2 Å². The summed E-state index contributed by atoms with van der Waals surface area (Å²) >= 11 is 0. The van der Waals surface area contributed by atoms with Gasteiger partial charge in [0.2, 0.25) is 5.91 Å². The maximum absolute atomic E-state index is 12.6. The molecule has 1 aromatic rings. The lowest BCUT2D eigenvalue weighted by Crippen LogP contribution is -2.29. The van der Waals surface area contributed by atoms with Crippen LogP contribution >= 0.6 is 0 Å². The summed E-state index contributed by atoms with van der Waals surface area (Å²) in [4.78, 5) is 21.6. The average Bonchev–Trinajstić information content (AvgIpc) is 2.51. The van der Waals surface area contributed by atoms with Gasteiger partial charge in [-0.1, -0.05) is 32.6 Å². The molecule has 0 fully saturated rings. The van der Waals surface area contributed by atoms with Gasteiger partial charge < -0.3 is 0 Å². The number of halogens is 3. The number of nitro groups is 1. The molecule has 0 aliphatic carbocycles. The van der Waals surface area contributed by atoms with Gasteiger partial charge in [0, 0.05) is 12.5 Å². The summed E-state index contributed by atoms with van der Waals surface area (Å²) in [6, 6.07) is 2.06.